The molecule has 0 saturated heterocycles. The van der Waals surface area contributed by atoms with E-state index in [0.29, 0.717) is 0 Å². The van der Waals surface area contributed by atoms with Gasteiger partial charge in [-0.2, -0.15) is 0 Å². The molecule has 1 heterocycles. The molecule has 15 heavy (non-hydrogen) atoms. The highest BCUT2D eigenvalue weighted by atomic mass is 14.9. The number of benzene rings is 1. The Morgan fingerprint density at radius 1 is 1.13 bits per heavy atom. The Kier molecular flexibility index (Phi) is 2.35. The lowest BCUT2D eigenvalue weighted by Gasteiger charge is -2.22. The minimum atomic E-state index is 0.0858. The van der Waals surface area contributed by atoms with Gasteiger partial charge in [-0.15, -0.1) is 0 Å². The minimum absolute atomic E-state index is 0.0858. The highest BCUT2D eigenvalue weighted by Crippen LogP contribution is 2.19. The van der Waals surface area contributed by atoms with Crippen molar-refractivity contribution in [3.63, 3.8) is 0 Å². The summed E-state index contributed by atoms with van der Waals surface area (Å²) in [5, 5.41) is 4.61. The van der Waals surface area contributed by atoms with Crippen LogP contribution in [0.2, 0.25) is 0 Å². The molecule has 0 aliphatic heterocycles. The van der Waals surface area contributed by atoms with Crippen LogP contribution in [-0.2, 0) is 0 Å². The summed E-state index contributed by atoms with van der Waals surface area (Å²) in [6.45, 7) is 6.45. The van der Waals surface area contributed by atoms with Crippen molar-refractivity contribution in [2.45, 2.75) is 26.3 Å². The average molecular weight is 200 g/mol. The third-order valence-corrected chi connectivity index (χ3v) is 2.13. The Morgan fingerprint density at radius 3 is 2.67 bits per heavy atom. The molecule has 0 atom stereocenters. The van der Waals surface area contributed by atoms with Crippen molar-refractivity contribution in [2.24, 2.45) is 0 Å². The van der Waals surface area contributed by atoms with Crippen LogP contribution in [-0.4, -0.2) is 10.5 Å². The second-order valence-corrected chi connectivity index (χ2v) is 4.79. The summed E-state index contributed by atoms with van der Waals surface area (Å²) >= 11 is 0. The molecule has 0 aliphatic carbocycles. The Labute approximate surface area is 90.3 Å². The number of aromatic nitrogens is 1. The molecule has 0 bridgehead atoms. The molecule has 1 aromatic carbocycles. The monoisotopic (exact) mass is 200 g/mol. The summed E-state index contributed by atoms with van der Waals surface area (Å²) in [5.41, 5.74) is 2.24. The van der Waals surface area contributed by atoms with Crippen molar-refractivity contribution in [3.8, 4) is 0 Å². The van der Waals surface area contributed by atoms with Crippen LogP contribution in [0.3, 0.4) is 0 Å². The van der Waals surface area contributed by atoms with Crippen molar-refractivity contribution in [1.29, 1.82) is 0 Å². The van der Waals surface area contributed by atoms with Gasteiger partial charge in [0.15, 0.2) is 0 Å². The SMILES string of the molecule is CC(C)(C)Nc1ccc2cccnc2c1. The molecule has 0 saturated carbocycles. The van der Waals surface area contributed by atoms with Gasteiger partial charge < -0.3 is 5.32 Å². The smallest absolute Gasteiger partial charge is 0.0722 e. The fourth-order valence-corrected chi connectivity index (χ4v) is 1.58. The highest BCUT2D eigenvalue weighted by Gasteiger charge is 2.09. The van der Waals surface area contributed by atoms with Gasteiger partial charge in [0.2, 0.25) is 0 Å². The molecule has 0 spiro atoms. The van der Waals surface area contributed by atoms with E-state index in [1.54, 1.807) is 0 Å². The van der Waals surface area contributed by atoms with E-state index in [4.69, 9.17) is 0 Å². The van der Waals surface area contributed by atoms with Crippen LogP contribution in [0.25, 0.3) is 10.9 Å². The molecule has 0 fully saturated rings. The number of anilines is 1. The summed E-state index contributed by atoms with van der Waals surface area (Å²) in [7, 11) is 0. The molecule has 0 amide bonds. The van der Waals surface area contributed by atoms with E-state index in [2.05, 4.69) is 55.3 Å². The minimum Gasteiger partial charge on any atom is -0.380 e. The Balaban J connectivity index is 2.39. The second-order valence-electron chi connectivity index (χ2n) is 4.79. The predicted molar refractivity (Wildman–Crippen MR) is 65.1 cm³/mol. The molecule has 2 heteroatoms. The Hall–Kier alpha value is -1.57. The van der Waals surface area contributed by atoms with Crippen molar-refractivity contribution in [2.75, 3.05) is 5.32 Å². The molecular formula is C13H16N2. The third-order valence-electron chi connectivity index (χ3n) is 2.13. The van der Waals surface area contributed by atoms with Gasteiger partial charge in [0.25, 0.3) is 0 Å². The first-order valence-electron chi connectivity index (χ1n) is 5.18. The van der Waals surface area contributed by atoms with Crippen LogP contribution in [0.5, 0.6) is 0 Å². The standard InChI is InChI=1S/C13H16N2/c1-13(2,3)15-11-7-6-10-5-4-8-14-12(10)9-11/h4-9,15H,1-3H3. The fraction of sp³-hybridized carbons (Fsp3) is 0.308. The van der Waals surface area contributed by atoms with Gasteiger partial charge in [0.05, 0.1) is 5.52 Å². The Morgan fingerprint density at radius 2 is 1.93 bits per heavy atom. The molecule has 2 rings (SSSR count). The summed E-state index contributed by atoms with van der Waals surface area (Å²) in [5.74, 6) is 0. The lowest BCUT2D eigenvalue weighted by atomic mass is 10.1. The van der Waals surface area contributed by atoms with E-state index < -0.39 is 0 Å². The largest absolute Gasteiger partial charge is 0.380 e. The molecule has 1 N–H and O–H groups in total. The maximum absolute atomic E-state index is 4.33. The van der Waals surface area contributed by atoms with Crippen molar-refractivity contribution in [1.82, 2.24) is 4.98 Å². The van der Waals surface area contributed by atoms with Crippen LogP contribution in [0.15, 0.2) is 36.5 Å². The summed E-state index contributed by atoms with van der Waals surface area (Å²) in [6, 6.07) is 10.3. The lowest BCUT2D eigenvalue weighted by molar-refractivity contribution is 0.634. The number of fused-ring (bicyclic) bond motifs is 1. The van der Waals surface area contributed by atoms with Gasteiger partial charge in [-0.25, -0.2) is 0 Å². The maximum atomic E-state index is 4.33. The fourth-order valence-electron chi connectivity index (χ4n) is 1.58. The van der Waals surface area contributed by atoms with E-state index >= 15 is 0 Å². The second kappa shape index (κ2) is 3.54. The van der Waals surface area contributed by atoms with Gasteiger partial charge in [0, 0.05) is 22.8 Å². The van der Waals surface area contributed by atoms with Gasteiger partial charge in [-0.3, -0.25) is 4.98 Å². The lowest BCUT2D eigenvalue weighted by Crippen LogP contribution is -2.25. The zero-order valence-electron chi connectivity index (χ0n) is 9.41. The molecule has 1 aromatic heterocycles. The molecule has 0 radical (unpaired) electrons. The normalized spacial score (nSPS) is 11.7. The zero-order valence-corrected chi connectivity index (χ0v) is 9.41. The number of rotatable bonds is 1. The predicted octanol–water partition coefficient (Wildman–Crippen LogP) is 3.45. The zero-order chi connectivity index (χ0) is 10.9. The van der Waals surface area contributed by atoms with E-state index in [0.717, 1.165) is 11.2 Å². The van der Waals surface area contributed by atoms with E-state index in [9.17, 15) is 0 Å². The number of nitrogens with one attached hydrogen (secondary N) is 1. The van der Waals surface area contributed by atoms with Crippen molar-refractivity contribution in [3.05, 3.63) is 36.5 Å². The summed E-state index contributed by atoms with van der Waals surface area (Å²) in [6.07, 6.45) is 1.82. The third kappa shape index (κ3) is 2.46. The average Bonchev–Trinajstić information content (AvgIpc) is 2.15. The Bertz CT molecular complexity index is 469. The van der Waals surface area contributed by atoms with Crippen molar-refractivity contribution >= 4 is 16.6 Å². The highest BCUT2D eigenvalue weighted by molar-refractivity contribution is 5.81. The molecule has 0 unspecified atom stereocenters. The van der Waals surface area contributed by atoms with Crippen LogP contribution in [0.4, 0.5) is 5.69 Å². The van der Waals surface area contributed by atoms with Crippen LogP contribution in [0.1, 0.15) is 20.8 Å². The molecule has 0 aliphatic rings. The van der Waals surface area contributed by atoms with Crippen LogP contribution >= 0.6 is 0 Å². The van der Waals surface area contributed by atoms with E-state index in [1.807, 2.05) is 12.3 Å². The number of hydrogen-bond acceptors (Lipinski definition) is 2. The maximum Gasteiger partial charge on any atom is 0.0722 e. The van der Waals surface area contributed by atoms with Gasteiger partial charge in [-0.1, -0.05) is 12.1 Å². The number of nitrogens with zero attached hydrogens (tertiary/aromatic N) is 1. The van der Waals surface area contributed by atoms with Gasteiger partial charge in [0.1, 0.15) is 0 Å². The van der Waals surface area contributed by atoms with Crippen LogP contribution in [0, 0.1) is 0 Å². The number of hydrogen-bond donors (Lipinski definition) is 1. The summed E-state index contributed by atoms with van der Waals surface area (Å²) < 4.78 is 0. The topological polar surface area (TPSA) is 24.9 Å². The van der Waals surface area contributed by atoms with Crippen molar-refractivity contribution < 1.29 is 0 Å². The molecule has 78 valence electrons. The molecule has 2 aromatic rings. The summed E-state index contributed by atoms with van der Waals surface area (Å²) in [4.78, 5) is 4.33. The quantitative estimate of drug-likeness (QED) is 0.762. The molecular weight excluding hydrogens is 184 g/mol. The van der Waals surface area contributed by atoms with Gasteiger partial charge >= 0.3 is 0 Å². The van der Waals surface area contributed by atoms with E-state index in [1.165, 1.54) is 5.39 Å². The van der Waals surface area contributed by atoms with Crippen LogP contribution < -0.4 is 5.32 Å². The molecule has 2 nitrogen and oxygen atoms in total. The first kappa shape index (κ1) is 9.97. The first-order chi connectivity index (χ1) is 7.04. The first-order valence-corrected chi connectivity index (χ1v) is 5.18. The number of pyridine rings is 1. The van der Waals surface area contributed by atoms with Gasteiger partial charge in [-0.05, 0) is 39.0 Å². The van der Waals surface area contributed by atoms with E-state index in [-0.39, 0.29) is 5.54 Å².